The molecule has 0 spiro atoms. The van der Waals surface area contributed by atoms with Gasteiger partial charge in [0, 0.05) is 18.7 Å². The van der Waals surface area contributed by atoms with E-state index in [1.807, 2.05) is 5.32 Å². The predicted molar refractivity (Wildman–Crippen MR) is 75.9 cm³/mol. The van der Waals surface area contributed by atoms with Gasteiger partial charge in [-0.1, -0.05) is 6.42 Å². The largest absolute Gasteiger partial charge is 0.393 e. The molecule has 1 aliphatic carbocycles. The Kier molecular flexibility index (Phi) is 5.59. The molecule has 0 heterocycles. The number of rotatable bonds is 3. The number of hydrogen-bond acceptors (Lipinski definition) is 3. The molecule has 23 heavy (non-hydrogen) atoms. The molecule has 0 bridgehead atoms. The molecule has 0 aliphatic heterocycles. The molecule has 1 fully saturated rings. The third kappa shape index (κ3) is 4.69. The van der Waals surface area contributed by atoms with E-state index < -0.39 is 41.1 Å². The highest BCUT2D eigenvalue weighted by atomic mass is 19.2. The molecular weight excluding hydrogens is 313 g/mol. The van der Waals surface area contributed by atoms with E-state index in [1.54, 1.807) is 0 Å². The lowest BCUT2D eigenvalue weighted by atomic mass is 9.87. The summed E-state index contributed by atoms with van der Waals surface area (Å²) in [5.74, 6) is -6.02. The minimum Gasteiger partial charge on any atom is -0.393 e. The molecule has 0 saturated heterocycles. The van der Waals surface area contributed by atoms with Gasteiger partial charge >= 0.3 is 11.8 Å². The lowest BCUT2D eigenvalue weighted by Crippen LogP contribution is -2.39. The standard InChI is InChI=1S/C15H17F3N2O3/c16-10-5-12(18)13(6-11(10)17)20-15(23)14(22)19-7-8-2-1-3-9(21)4-8/h5-6,8-9,21H,1-4,7H2,(H,19,22)(H,20,23). The van der Waals surface area contributed by atoms with Crippen molar-refractivity contribution in [3.8, 4) is 0 Å². The number of benzene rings is 1. The van der Waals surface area contributed by atoms with Crippen LogP contribution in [0.4, 0.5) is 18.9 Å². The Morgan fingerprint density at radius 3 is 2.48 bits per heavy atom. The van der Waals surface area contributed by atoms with E-state index in [0.717, 1.165) is 19.3 Å². The summed E-state index contributed by atoms with van der Waals surface area (Å²) in [6, 6.07) is 0.750. The van der Waals surface area contributed by atoms with Crippen molar-refractivity contribution in [2.75, 3.05) is 11.9 Å². The van der Waals surface area contributed by atoms with Gasteiger partial charge in [0.25, 0.3) is 0 Å². The fraction of sp³-hybridized carbons (Fsp3) is 0.467. The van der Waals surface area contributed by atoms with Gasteiger partial charge in [0.05, 0.1) is 11.8 Å². The van der Waals surface area contributed by atoms with E-state index in [1.165, 1.54) is 0 Å². The lowest BCUT2D eigenvalue weighted by Gasteiger charge is -2.25. The first-order valence-electron chi connectivity index (χ1n) is 7.28. The van der Waals surface area contributed by atoms with Crippen LogP contribution in [0.2, 0.25) is 0 Å². The highest BCUT2D eigenvalue weighted by Gasteiger charge is 2.22. The molecule has 1 aliphatic rings. The van der Waals surface area contributed by atoms with Gasteiger partial charge in [-0.25, -0.2) is 13.2 Å². The van der Waals surface area contributed by atoms with E-state index >= 15 is 0 Å². The van der Waals surface area contributed by atoms with Crippen LogP contribution >= 0.6 is 0 Å². The van der Waals surface area contributed by atoms with Crippen LogP contribution in [-0.2, 0) is 9.59 Å². The zero-order chi connectivity index (χ0) is 17.0. The van der Waals surface area contributed by atoms with Crippen molar-refractivity contribution in [2.45, 2.75) is 31.8 Å². The van der Waals surface area contributed by atoms with Crippen LogP contribution in [0, 0.1) is 23.4 Å². The summed E-state index contributed by atoms with van der Waals surface area (Å²) in [7, 11) is 0. The van der Waals surface area contributed by atoms with Crippen LogP contribution in [0.3, 0.4) is 0 Å². The van der Waals surface area contributed by atoms with Crippen molar-refractivity contribution in [3.63, 3.8) is 0 Å². The van der Waals surface area contributed by atoms with Gasteiger partial charge in [-0.2, -0.15) is 0 Å². The molecule has 1 saturated carbocycles. The van der Waals surface area contributed by atoms with Gasteiger partial charge in [-0.3, -0.25) is 9.59 Å². The van der Waals surface area contributed by atoms with Crippen molar-refractivity contribution in [1.82, 2.24) is 5.32 Å². The fourth-order valence-corrected chi connectivity index (χ4v) is 2.56. The van der Waals surface area contributed by atoms with Crippen molar-refractivity contribution in [2.24, 2.45) is 5.92 Å². The molecule has 8 heteroatoms. The topological polar surface area (TPSA) is 78.4 Å². The van der Waals surface area contributed by atoms with Gasteiger partial charge in [0.15, 0.2) is 11.6 Å². The van der Waals surface area contributed by atoms with Crippen molar-refractivity contribution in [1.29, 1.82) is 0 Å². The Bertz CT molecular complexity index is 610. The minimum atomic E-state index is -1.39. The number of halogens is 3. The van der Waals surface area contributed by atoms with Crippen LogP contribution in [0.5, 0.6) is 0 Å². The van der Waals surface area contributed by atoms with Gasteiger partial charge in [-0.05, 0) is 25.2 Å². The molecule has 0 radical (unpaired) electrons. The van der Waals surface area contributed by atoms with Crippen LogP contribution in [-0.4, -0.2) is 29.6 Å². The number of carbonyl (C=O) groups excluding carboxylic acids is 2. The van der Waals surface area contributed by atoms with Gasteiger partial charge < -0.3 is 15.7 Å². The minimum absolute atomic E-state index is 0.0653. The van der Waals surface area contributed by atoms with Crippen LogP contribution in [0.1, 0.15) is 25.7 Å². The maximum absolute atomic E-state index is 13.4. The van der Waals surface area contributed by atoms with Gasteiger partial charge in [-0.15, -0.1) is 0 Å². The zero-order valence-electron chi connectivity index (χ0n) is 12.2. The second-order valence-electron chi connectivity index (χ2n) is 5.60. The Morgan fingerprint density at radius 2 is 1.78 bits per heavy atom. The maximum atomic E-state index is 13.4. The van der Waals surface area contributed by atoms with E-state index in [9.17, 15) is 27.9 Å². The fourth-order valence-electron chi connectivity index (χ4n) is 2.56. The lowest BCUT2D eigenvalue weighted by molar-refractivity contribution is -0.136. The summed E-state index contributed by atoms with van der Waals surface area (Å²) in [6.45, 7) is 0.212. The van der Waals surface area contributed by atoms with E-state index in [0.29, 0.717) is 12.5 Å². The molecule has 5 nitrogen and oxygen atoms in total. The summed E-state index contributed by atoms with van der Waals surface area (Å²) in [5.41, 5.74) is -0.614. The third-order valence-electron chi connectivity index (χ3n) is 3.77. The van der Waals surface area contributed by atoms with Crippen molar-refractivity contribution >= 4 is 17.5 Å². The average Bonchev–Trinajstić information content (AvgIpc) is 2.50. The number of amides is 2. The first kappa shape index (κ1) is 17.3. The SMILES string of the molecule is O=C(NCC1CCCC(O)C1)C(=O)Nc1cc(F)c(F)cc1F. The first-order valence-corrected chi connectivity index (χ1v) is 7.28. The second kappa shape index (κ2) is 7.45. The highest BCUT2D eigenvalue weighted by molar-refractivity contribution is 6.39. The summed E-state index contributed by atoms with van der Waals surface area (Å²) < 4.78 is 39.2. The van der Waals surface area contributed by atoms with Crippen molar-refractivity contribution in [3.05, 3.63) is 29.6 Å². The molecule has 3 N–H and O–H groups in total. The maximum Gasteiger partial charge on any atom is 0.313 e. The molecule has 2 rings (SSSR count). The average molecular weight is 330 g/mol. The number of aliphatic hydroxyl groups is 1. The smallest absolute Gasteiger partial charge is 0.313 e. The Balaban J connectivity index is 1.88. The normalized spacial score (nSPS) is 20.9. The predicted octanol–water partition coefficient (Wildman–Crippen LogP) is 1.71. The van der Waals surface area contributed by atoms with E-state index in [4.69, 9.17) is 0 Å². The monoisotopic (exact) mass is 330 g/mol. The molecule has 126 valence electrons. The summed E-state index contributed by atoms with van der Waals surface area (Å²) in [4.78, 5) is 23.3. The van der Waals surface area contributed by atoms with Crippen LogP contribution < -0.4 is 10.6 Å². The second-order valence-corrected chi connectivity index (χ2v) is 5.60. The number of nitrogens with one attached hydrogen (secondary N) is 2. The van der Waals surface area contributed by atoms with Gasteiger partial charge in [0.2, 0.25) is 0 Å². The third-order valence-corrected chi connectivity index (χ3v) is 3.77. The molecule has 2 atom stereocenters. The van der Waals surface area contributed by atoms with Crippen LogP contribution in [0.25, 0.3) is 0 Å². The Hall–Kier alpha value is -2.09. The molecule has 1 aromatic rings. The zero-order valence-corrected chi connectivity index (χ0v) is 12.2. The molecule has 1 aromatic carbocycles. The summed E-state index contributed by atoms with van der Waals surface area (Å²) in [5, 5.41) is 13.8. The molecule has 2 amide bonds. The van der Waals surface area contributed by atoms with E-state index in [2.05, 4.69) is 5.32 Å². The first-order chi connectivity index (χ1) is 10.9. The Labute approximate surface area is 130 Å². The number of anilines is 1. The number of carbonyl (C=O) groups is 2. The molecule has 2 unspecified atom stereocenters. The summed E-state index contributed by atoms with van der Waals surface area (Å²) >= 11 is 0. The molecular formula is C15H17F3N2O3. The number of hydrogen-bond donors (Lipinski definition) is 3. The van der Waals surface area contributed by atoms with Gasteiger partial charge in [0.1, 0.15) is 5.82 Å². The number of aliphatic hydroxyl groups excluding tert-OH is 1. The van der Waals surface area contributed by atoms with Crippen LogP contribution in [0.15, 0.2) is 12.1 Å². The van der Waals surface area contributed by atoms with Crippen molar-refractivity contribution < 1.29 is 27.9 Å². The summed E-state index contributed by atoms with van der Waals surface area (Å²) in [6.07, 6.45) is 2.53. The highest BCUT2D eigenvalue weighted by Crippen LogP contribution is 2.23. The molecule has 0 aromatic heterocycles. The Morgan fingerprint density at radius 1 is 1.09 bits per heavy atom. The quantitative estimate of drug-likeness (QED) is 0.583. The van der Waals surface area contributed by atoms with E-state index in [-0.39, 0.29) is 18.5 Å².